The maximum Gasteiger partial charge on any atom is 0.308 e. The Bertz CT molecular complexity index is 914. The van der Waals surface area contributed by atoms with E-state index in [0.717, 1.165) is 33.7 Å². The van der Waals surface area contributed by atoms with E-state index in [1.807, 2.05) is 57.2 Å². The van der Waals surface area contributed by atoms with E-state index in [2.05, 4.69) is 5.32 Å². The van der Waals surface area contributed by atoms with Crippen molar-refractivity contribution in [2.75, 3.05) is 11.9 Å². The summed E-state index contributed by atoms with van der Waals surface area (Å²) in [6.45, 7) is 7.24. The van der Waals surface area contributed by atoms with E-state index in [-0.39, 0.29) is 18.5 Å². The lowest BCUT2D eigenvalue weighted by Gasteiger charge is -2.24. The van der Waals surface area contributed by atoms with Crippen molar-refractivity contribution in [3.8, 4) is 11.5 Å². The molecule has 0 atom stereocenters. The van der Waals surface area contributed by atoms with Crippen LogP contribution in [0.25, 0.3) is 6.08 Å². The fourth-order valence-corrected chi connectivity index (χ4v) is 3.00. The first-order chi connectivity index (χ1) is 12.4. The Morgan fingerprint density at radius 1 is 1.04 bits per heavy atom. The summed E-state index contributed by atoms with van der Waals surface area (Å²) in [6, 6.07) is 9.26. The summed E-state index contributed by atoms with van der Waals surface area (Å²) in [4.78, 5) is 24.0. The van der Waals surface area contributed by atoms with Gasteiger partial charge in [-0.2, -0.15) is 0 Å². The maximum absolute atomic E-state index is 12.6. The van der Waals surface area contributed by atoms with Crippen molar-refractivity contribution in [3.05, 3.63) is 58.2 Å². The molecule has 0 saturated carbocycles. The fourth-order valence-electron chi connectivity index (χ4n) is 3.00. The Morgan fingerprint density at radius 3 is 2.38 bits per heavy atom. The molecule has 3 rings (SSSR count). The third-order valence-corrected chi connectivity index (χ3v) is 4.49. The van der Waals surface area contributed by atoms with Crippen LogP contribution in [-0.4, -0.2) is 18.5 Å². The molecule has 0 aliphatic carbocycles. The van der Waals surface area contributed by atoms with Gasteiger partial charge in [0.2, 0.25) is 0 Å². The predicted molar refractivity (Wildman–Crippen MR) is 101 cm³/mol. The van der Waals surface area contributed by atoms with Crippen LogP contribution in [0.3, 0.4) is 0 Å². The minimum Gasteiger partial charge on any atom is -0.488 e. The predicted octanol–water partition coefficient (Wildman–Crippen LogP) is 3.95. The van der Waals surface area contributed by atoms with Gasteiger partial charge in [0.15, 0.2) is 0 Å². The van der Waals surface area contributed by atoms with E-state index >= 15 is 0 Å². The molecule has 0 aromatic heterocycles. The Morgan fingerprint density at radius 2 is 1.73 bits per heavy atom. The van der Waals surface area contributed by atoms with Crippen molar-refractivity contribution in [3.63, 3.8) is 0 Å². The molecule has 1 aliphatic heterocycles. The molecule has 1 amide bonds. The van der Waals surface area contributed by atoms with Gasteiger partial charge in [0.25, 0.3) is 5.91 Å². The average molecular weight is 351 g/mol. The average Bonchev–Trinajstić information content (AvgIpc) is 2.63. The third-order valence-electron chi connectivity index (χ3n) is 4.49. The van der Waals surface area contributed by atoms with Crippen LogP contribution >= 0.6 is 0 Å². The molecule has 2 aromatic rings. The van der Waals surface area contributed by atoms with Crippen molar-refractivity contribution in [1.82, 2.24) is 0 Å². The first-order valence-corrected chi connectivity index (χ1v) is 8.40. The van der Waals surface area contributed by atoms with Gasteiger partial charge >= 0.3 is 5.97 Å². The molecule has 1 heterocycles. The molecular weight excluding hydrogens is 330 g/mol. The van der Waals surface area contributed by atoms with Gasteiger partial charge in [0.05, 0.1) is 5.57 Å². The van der Waals surface area contributed by atoms with Gasteiger partial charge in [0, 0.05) is 23.7 Å². The number of ether oxygens (including phenoxy) is 2. The lowest BCUT2D eigenvalue weighted by molar-refractivity contribution is -0.132. The van der Waals surface area contributed by atoms with E-state index in [9.17, 15) is 9.59 Å². The molecule has 0 radical (unpaired) electrons. The highest BCUT2D eigenvalue weighted by Crippen LogP contribution is 2.41. The molecular formula is C21H21NO4. The topological polar surface area (TPSA) is 64.6 Å². The van der Waals surface area contributed by atoms with Crippen molar-refractivity contribution in [1.29, 1.82) is 0 Å². The second-order valence-corrected chi connectivity index (χ2v) is 6.32. The van der Waals surface area contributed by atoms with E-state index in [1.54, 1.807) is 0 Å². The molecule has 0 bridgehead atoms. The molecule has 134 valence electrons. The summed E-state index contributed by atoms with van der Waals surface area (Å²) in [5, 5.41) is 2.86. The summed E-state index contributed by atoms with van der Waals surface area (Å²) in [7, 11) is 0. The zero-order chi connectivity index (χ0) is 18.8. The van der Waals surface area contributed by atoms with Gasteiger partial charge in [-0.1, -0.05) is 18.2 Å². The van der Waals surface area contributed by atoms with Gasteiger partial charge in [-0.3, -0.25) is 9.59 Å². The number of para-hydroxylation sites is 1. The van der Waals surface area contributed by atoms with Crippen LogP contribution in [0, 0.1) is 20.8 Å². The van der Waals surface area contributed by atoms with Gasteiger partial charge in [-0.25, -0.2) is 0 Å². The maximum atomic E-state index is 12.6. The summed E-state index contributed by atoms with van der Waals surface area (Å²) < 4.78 is 11.3. The first kappa shape index (κ1) is 17.7. The standard InChI is InChI=1S/C21H21NO4/c1-12-13(2)20-18(14(3)19(12)26-15(4)23)10-16(11-25-20)21(24)22-17-8-6-5-7-9-17/h5-10H,11H2,1-4H3,(H,22,24). The van der Waals surface area contributed by atoms with Crippen LogP contribution in [0.15, 0.2) is 35.9 Å². The van der Waals surface area contributed by atoms with Gasteiger partial charge in [-0.15, -0.1) is 0 Å². The summed E-state index contributed by atoms with van der Waals surface area (Å²) in [5.41, 5.74) is 4.56. The number of carbonyl (C=O) groups is 2. The molecule has 0 fully saturated rings. The third kappa shape index (κ3) is 3.33. The Kier molecular flexibility index (Phi) is 4.80. The number of benzene rings is 2. The van der Waals surface area contributed by atoms with Gasteiger partial charge < -0.3 is 14.8 Å². The minimum atomic E-state index is -0.377. The summed E-state index contributed by atoms with van der Waals surface area (Å²) >= 11 is 0. The van der Waals surface area contributed by atoms with Crippen LogP contribution in [0.4, 0.5) is 5.69 Å². The van der Waals surface area contributed by atoms with Crippen LogP contribution in [0.2, 0.25) is 0 Å². The zero-order valence-corrected chi connectivity index (χ0v) is 15.3. The molecule has 1 aliphatic rings. The van der Waals surface area contributed by atoms with Crippen LogP contribution < -0.4 is 14.8 Å². The molecule has 2 aromatic carbocycles. The van der Waals surface area contributed by atoms with Crippen LogP contribution in [0.5, 0.6) is 11.5 Å². The lowest BCUT2D eigenvalue weighted by atomic mass is 9.94. The van der Waals surface area contributed by atoms with Crippen molar-refractivity contribution >= 4 is 23.6 Å². The minimum absolute atomic E-state index is 0.193. The second-order valence-electron chi connectivity index (χ2n) is 6.32. The smallest absolute Gasteiger partial charge is 0.308 e. The molecule has 1 N–H and O–H groups in total. The highest BCUT2D eigenvalue weighted by Gasteiger charge is 2.25. The normalized spacial score (nSPS) is 12.5. The lowest BCUT2D eigenvalue weighted by Crippen LogP contribution is -2.22. The molecule has 5 heteroatoms. The van der Waals surface area contributed by atoms with Crippen LogP contribution in [-0.2, 0) is 9.59 Å². The highest BCUT2D eigenvalue weighted by molar-refractivity contribution is 6.07. The first-order valence-electron chi connectivity index (χ1n) is 8.40. The van der Waals surface area contributed by atoms with Crippen LogP contribution in [0.1, 0.15) is 29.2 Å². The van der Waals surface area contributed by atoms with E-state index in [0.29, 0.717) is 11.3 Å². The number of anilines is 1. The molecule has 0 spiro atoms. The fraction of sp³-hybridized carbons (Fsp3) is 0.238. The Labute approximate surface area is 152 Å². The molecule has 0 saturated heterocycles. The van der Waals surface area contributed by atoms with E-state index in [1.165, 1.54) is 6.92 Å². The monoisotopic (exact) mass is 351 g/mol. The van der Waals surface area contributed by atoms with Gasteiger partial charge in [0.1, 0.15) is 18.1 Å². The molecule has 0 unspecified atom stereocenters. The number of nitrogens with one attached hydrogen (secondary N) is 1. The highest BCUT2D eigenvalue weighted by atomic mass is 16.5. The molecule has 26 heavy (non-hydrogen) atoms. The zero-order valence-electron chi connectivity index (χ0n) is 15.3. The van der Waals surface area contributed by atoms with Crippen molar-refractivity contribution in [2.24, 2.45) is 0 Å². The number of fused-ring (bicyclic) bond motifs is 1. The van der Waals surface area contributed by atoms with E-state index in [4.69, 9.17) is 9.47 Å². The Balaban J connectivity index is 1.99. The molecule has 5 nitrogen and oxygen atoms in total. The number of esters is 1. The second kappa shape index (κ2) is 7.04. The quantitative estimate of drug-likeness (QED) is 0.672. The SMILES string of the molecule is CC(=O)Oc1c(C)c(C)c2c(c1C)C=C(C(=O)Nc1ccccc1)CO2. The Hall–Kier alpha value is -3.08. The number of rotatable bonds is 3. The van der Waals surface area contributed by atoms with Crippen molar-refractivity contribution in [2.45, 2.75) is 27.7 Å². The number of amides is 1. The van der Waals surface area contributed by atoms with E-state index < -0.39 is 0 Å². The number of hydrogen-bond acceptors (Lipinski definition) is 4. The summed E-state index contributed by atoms with van der Waals surface area (Å²) in [5.74, 6) is 0.664. The number of hydrogen-bond donors (Lipinski definition) is 1. The van der Waals surface area contributed by atoms with Crippen molar-refractivity contribution < 1.29 is 19.1 Å². The largest absolute Gasteiger partial charge is 0.488 e. The summed E-state index contributed by atoms with van der Waals surface area (Å²) in [6.07, 6.45) is 1.81. The van der Waals surface area contributed by atoms with Gasteiger partial charge in [-0.05, 0) is 50.1 Å². The number of carbonyl (C=O) groups excluding carboxylic acids is 2.